The summed E-state index contributed by atoms with van der Waals surface area (Å²) in [7, 11) is 1.55. The largest absolute Gasteiger partial charge is 0.497 e. The Morgan fingerprint density at radius 1 is 1.12 bits per heavy atom. The molecule has 0 saturated heterocycles. The molecule has 25 heavy (non-hydrogen) atoms. The Kier molecular flexibility index (Phi) is 4.79. The average Bonchev–Trinajstić information content (AvgIpc) is 3.01. The molecule has 2 aromatic carbocycles. The third kappa shape index (κ3) is 3.68. The van der Waals surface area contributed by atoms with E-state index in [4.69, 9.17) is 14.0 Å². The van der Waals surface area contributed by atoms with Gasteiger partial charge in [0.2, 0.25) is 0 Å². The SMILES string of the molecule is COc1ccc(C(=O)OCc2noc(-c3ccc(F)cc3)c2C)cc1. The van der Waals surface area contributed by atoms with E-state index in [0.717, 1.165) is 5.56 Å². The number of ether oxygens (including phenoxy) is 2. The van der Waals surface area contributed by atoms with Crippen LogP contribution in [0.2, 0.25) is 0 Å². The molecule has 3 aromatic rings. The number of hydrogen-bond donors (Lipinski definition) is 0. The van der Waals surface area contributed by atoms with E-state index >= 15 is 0 Å². The summed E-state index contributed by atoms with van der Waals surface area (Å²) in [5.41, 5.74) is 2.38. The number of carbonyl (C=O) groups is 1. The van der Waals surface area contributed by atoms with E-state index in [-0.39, 0.29) is 12.4 Å². The zero-order chi connectivity index (χ0) is 17.8. The van der Waals surface area contributed by atoms with Gasteiger partial charge in [-0.15, -0.1) is 0 Å². The van der Waals surface area contributed by atoms with Crippen LogP contribution in [-0.2, 0) is 11.3 Å². The highest BCUT2D eigenvalue weighted by Gasteiger charge is 2.16. The zero-order valence-electron chi connectivity index (χ0n) is 13.8. The van der Waals surface area contributed by atoms with Gasteiger partial charge in [-0.05, 0) is 55.5 Å². The van der Waals surface area contributed by atoms with Gasteiger partial charge in [0.1, 0.15) is 23.9 Å². The molecule has 0 unspecified atom stereocenters. The Bertz CT molecular complexity index is 869. The number of aromatic nitrogens is 1. The van der Waals surface area contributed by atoms with Crippen molar-refractivity contribution in [3.8, 4) is 17.1 Å². The van der Waals surface area contributed by atoms with Gasteiger partial charge in [0, 0.05) is 11.1 Å². The van der Waals surface area contributed by atoms with Crippen LogP contribution >= 0.6 is 0 Å². The molecule has 0 atom stereocenters. The monoisotopic (exact) mass is 341 g/mol. The molecular formula is C19H16FNO4. The molecule has 0 aliphatic carbocycles. The van der Waals surface area contributed by atoms with Crippen molar-refractivity contribution < 1.29 is 23.2 Å². The Labute approximate surface area is 144 Å². The van der Waals surface area contributed by atoms with Crippen LogP contribution in [0.4, 0.5) is 4.39 Å². The van der Waals surface area contributed by atoms with Crippen molar-refractivity contribution in [1.29, 1.82) is 0 Å². The molecule has 0 bridgehead atoms. The van der Waals surface area contributed by atoms with E-state index in [0.29, 0.717) is 28.3 Å². The van der Waals surface area contributed by atoms with Crippen molar-refractivity contribution >= 4 is 5.97 Å². The standard InChI is InChI=1S/C19H16FNO4/c1-12-17(21-25-18(12)13-3-7-15(20)8-4-13)11-24-19(22)14-5-9-16(23-2)10-6-14/h3-10H,11H2,1-2H3. The minimum Gasteiger partial charge on any atom is -0.497 e. The second kappa shape index (κ2) is 7.17. The number of rotatable bonds is 5. The van der Waals surface area contributed by atoms with E-state index in [1.165, 1.54) is 12.1 Å². The number of halogens is 1. The van der Waals surface area contributed by atoms with Gasteiger partial charge in [0.25, 0.3) is 0 Å². The van der Waals surface area contributed by atoms with Crippen LogP contribution in [0.15, 0.2) is 53.1 Å². The van der Waals surface area contributed by atoms with Crippen molar-refractivity contribution in [2.75, 3.05) is 7.11 Å². The number of hydrogen-bond acceptors (Lipinski definition) is 5. The maximum absolute atomic E-state index is 13.0. The van der Waals surface area contributed by atoms with Crippen LogP contribution in [0.5, 0.6) is 5.75 Å². The minimum absolute atomic E-state index is 0.0125. The first-order chi connectivity index (χ1) is 12.1. The predicted molar refractivity (Wildman–Crippen MR) is 88.7 cm³/mol. The number of benzene rings is 2. The van der Waals surface area contributed by atoms with E-state index < -0.39 is 5.97 Å². The fraction of sp³-hybridized carbons (Fsp3) is 0.158. The maximum Gasteiger partial charge on any atom is 0.338 e. The summed E-state index contributed by atoms with van der Waals surface area (Å²) in [6, 6.07) is 12.5. The number of esters is 1. The van der Waals surface area contributed by atoms with Crippen LogP contribution in [0, 0.1) is 12.7 Å². The summed E-state index contributed by atoms with van der Waals surface area (Å²) in [5.74, 6) is 0.395. The van der Waals surface area contributed by atoms with Crippen LogP contribution in [0.3, 0.4) is 0 Å². The van der Waals surface area contributed by atoms with Crippen molar-refractivity contribution in [2.24, 2.45) is 0 Å². The number of methoxy groups -OCH3 is 1. The van der Waals surface area contributed by atoms with Crippen LogP contribution in [0.25, 0.3) is 11.3 Å². The van der Waals surface area contributed by atoms with Crippen molar-refractivity contribution in [3.63, 3.8) is 0 Å². The van der Waals surface area contributed by atoms with Gasteiger partial charge in [-0.3, -0.25) is 0 Å². The third-order valence-electron chi connectivity index (χ3n) is 3.79. The zero-order valence-corrected chi connectivity index (χ0v) is 13.8. The Balaban J connectivity index is 1.69. The van der Waals surface area contributed by atoms with E-state index in [1.807, 2.05) is 6.92 Å². The molecular weight excluding hydrogens is 325 g/mol. The maximum atomic E-state index is 13.0. The lowest BCUT2D eigenvalue weighted by atomic mass is 10.1. The highest BCUT2D eigenvalue weighted by molar-refractivity contribution is 5.89. The Hall–Kier alpha value is -3.15. The molecule has 0 N–H and O–H groups in total. The van der Waals surface area contributed by atoms with E-state index in [2.05, 4.69) is 5.16 Å². The quantitative estimate of drug-likeness (QED) is 0.652. The fourth-order valence-electron chi connectivity index (χ4n) is 2.32. The smallest absolute Gasteiger partial charge is 0.338 e. The van der Waals surface area contributed by atoms with Crippen molar-refractivity contribution in [3.05, 3.63) is 71.2 Å². The van der Waals surface area contributed by atoms with Gasteiger partial charge in [0.05, 0.1) is 12.7 Å². The highest BCUT2D eigenvalue weighted by Crippen LogP contribution is 2.26. The first-order valence-electron chi connectivity index (χ1n) is 7.60. The Morgan fingerprint density at radius 2 is 1.80 bits per heavy atom. The second-order valence-corrected chi connectivity index (χ2v) is 5.39. The van der Waals surface area contributed by atoms with Gasteiger partial charge >= 0.3 is 5.97 Å². The third-order valence-corrected chi connectivity index (χ3v) is 3.79. The molecule has 1 heterocycles. The van der Waals surface area contributed by atoms with Crippen LogP contribution in [-0.4, -0.2) is 18.2 Å². The van der Waals surface area contributed by atoms with E-state index in [9.17, 15) is 9.18 Å². The molecule has 0 spiro atoms. The molecule has 128 valence electrons. The minimum atomic E-state index is -0.464. The first kappa shape index (κ1) is 16.7. The molecule has 0 fully saturated rings. The van der Waals surface area contributed by atoms with Gasteiger partial charge in [-0.2, -0.15) is 0 Å². The molecule has 0 radical (unpaired) electrons. The summed E-state index contributed by atoms with van der Waals surface area (Å²) in [5, 5.41) is 3.94. The van der Waals surface area contributed by atoms with Gasteiger partial charge in [-0.1, -0.05) is 5.16 Å². The predicted octanol–water partition coefficient (Wildman–Crippen LogP) is 4.15. The van der Waals surface area contributed by atoms with Gasteiger partial charge in [0.15, 0.2) is 5.76 Å². The summed E-state index contributed by atoms with van der Waals surface area (Å²) in [6.45, 7) is 1.80. The van der Waals surface area contributed by atoms with Crippen molar-refractivity contribution in [1.82, 2.24) is 5.16 Å². The summed E-state index contributed by atoms with van der Waals surface area (Å²) in [6.07, 6.45) is 0. The molecule has 3 rings (SSSR count). The molecule has 0 saturated carbocycles. The number of nitrogens with zero attached hydrogens (tertiary/aromatic N) is 1. The van der Waals surface area contributed by atoms with E-state index in [1.54, 1.807) is 43.5 Å². The lowest BCUT2D eigenvalue weighted by Gasteiger charge is -2.04. The van der Waals surface area contributed by atoms with Gasteiger partial charge < -0.3 is 14.0 Å². The molecule has 0 aliphatic heterocycles. The molecule has 5 nitrogen and oxygen atoms in total. The second-order valence-electron chi connectivity index (χ2n) is 5.39. The van der Waals surface area contributed by atoms with Crippen LogP contribution < -0.4 is 4.74 Å². The molecule has 0 aliphatic rings. The number of carbonyl (C=O) groups excluding carboxylic acids is 1. The van der Waals surface area contributed by atoms with Crippen LogP contribution in [0.1, 0.15) is 21.6 Å². The lowest BCUT2D eigenvalue weighted by molar-refractivity contribution is 0.0463. The highest BCUT2D eigenvalue weighted by atomic mass is 19.1. The first-order valence-corrected chi connectivity index (χ1v) is 7.60. The lowest BCUT2D eigenvalue weighted by Crippen LogP contribution is -2.06. The normalized spacial score (nSPS) is 10.5. The summed E-state index contributed by atoms with van der Waals surface area (Å²) in [4.78, 5) is 12.1. The van der Waals surface area contributed by atoms with Crippen molar-refractivity contribution in [2.45, 2.75) is 13.5 Å². The fourth-order valence-corrected chi connectivity index (χ4v) is 2.32. The van der Waals surface area contributed by atoms with Gasteiger partial charge in [-0.25, -0.2) is 9.18 Å². The topological polar surface area (TPSA) is 61.6 Å². The molecule has 6 heteroatoms. The molecule has 1 aromatic heterocycles. The average molecular weight is 341 g/mol. The molecule has 0 amide bonds. The summed E-state index contributed by atoms with van der Waals surface area (Å²) < 4.78 is 28.6. The summed E-state index contributed by atoms with van der Waals surface area (Å²) >= 11 is 0. The Morgan fingerprint density at radius 3 is 2.44 bits per heavy atom.